The molecule has 1 fully saturated rings. The second-order valence-electron chi connectivity index (χ2n) is 4.47. The highest BCUT2D eigenvalue weighted by Gasteiger charge is 2.26. The maximum atomic E-state index is 12.5. The molecule has 18 heavy (non-hydrogen) atoms. The summed E-state index contributed by atoms with van der Waals surface area (Å²) in [4.78, 5) is 15.1. The van der Waals surface area contributed by atoms with E-state index >= 15 is 0 Å². The van der Waals surface area contributed by atoms with Gasteiger partial charge in [0.25, 0.3) is 5.91 Å². The van der Waals surface area contributed by atoms with Gasteiger partial charge in [0.1, 0.15) is 11.5 Å². The summed E-state index contributed by atoms with van der Waals surface area (Å²) < 4.78 is 0. The van der Waals surface area contributed by atoms with Gasteiger partial charge in [-0.25, -0.2) is 0 Å². The van der Waals surface area contributed by atoms with Crippen LogP contribution in [0.15, 0.2) is 11.4 Å². The van der Waals surface area contributed by atoms with Crippen molar-refractivity contribution in [3.8, 4) is 11.8 Å². The molecule has 0 radical (unpaired) electrons. The Morgan fingerprint density at radius 2 is 2.44 bits per heavy atom. The molecule has 4 heteroatoms. The number of aliphatic hydroxyl groups is 1. The molecule has 0 saturated carbocycles. The summed E-state index contributed by atoms with van der Waals surface area (Å²) in [5.74, 6) is 5.53. The normalized spacial score (nSPS) is 19.2. The van der Waals surface area contributed by atoms with Crippen LogP contribution in [0, 0.1) is 11.8 Å². The van der Waals surface area contributed by atoms with E-state index in [1.54, 1.807) is 0 Å². The van der Waals surface area contributed by atoms with Crippen LogP contribution < -0.4 is 0 Å². The number of rotatable bonds is 1. The van der Waals surface area contributed by atoms with Crippen LogP contribution in [0.1, 0.15) is 41.4 Å². The molecule has 0 aromatic carbocycles. The molecular formula is C14H17NO2S. The Hall–Kier alpha value is -1.31. The van der Waals surface area contributed by atoms with Crippen molar-refractivity contribution in [3.63, 3.8) is 0 Å². The maximum Gasteiger partial charge on any atom is 0.265 e. The van der Waals surface area contributed by atoms with E-state index < -0.39 is 0 Å². The molecule has 1 aliphatic rings. The van der Waals surface area contributed by atoms with Gasteiger partial charge in [0.05, 0.1) is 0 Å². The molecule has 1 unspecified atom stereocenters. The molecule has 1 atom stereocenters. The van der Waals surface area contributed by atoms with E-state index in [1.807, 2.05) is 16.3 Å². The van der Waals surface area contributed by atoms with Gasteiger partial charge in [0.15, 0.2) is 0 Å². The second kappa shape index (κ2) is 6.03. The Bertz CT molecular complexity index is 483. The molecule has 1 N–H and O–H groups in total. The van der Waals surface area contributed by atoms with E-state index in [2.05, 4.69) is 18.8 Å². The topological polar surface area (TPSA) is 40.5 Å². The van der Waals surface area contributed by atoms with Gasteiger partial charge in [0, 0.05) is 18.2 Å². The Morgan fingerprint density at radius 3 is 3.17 bits per heavy atom. The quantitative estimate of drug-likeness (QED) is 0.788. The second-order valence-corrected chi connectivity index (χ2v) is 5.38. The first-order valence-corrected chi connectivity index (χ1v) is 7.10. The third kappa shape index (κ3) is 2.74. The molecular weight excluding hydrogens is 246 g/mol. The smallest absolute Gasteiger partial charge is 0.265 e. The molecule has 1 saturated heterocycles. The number of carbonyl (C=O) groups is 1. The molecule has 2 heterocycles. The first kappa shape index (κ1) is 13.1. The highest BCUT2D eigenvalue weighted by molar-refractivity contribution is 7.12. The van der Waals surface area contributed by atoms with Gasteiger partial charge in [-0.05, 0) is 37.6 Å². The zero-order valence-electron chi connectivity index (χ0n) is 10.5. The number of nitrogens with zero attached hydrogens (tertiary/aromatic N) is 1. The molecule has 3 nitrogen and oxygen atoms in total. The third-order valence-electron chi connectivity index (χ3n) is 3.23. The highest BCUT2D eigenvalue weighted by atomic mass is 32.1. The first-order valence-electron chi connectivity index (χ1n) is 6.22. The fourth-order valence-corrected chi connectivity index (χ4v) is 3.04. The van der Waals surface area contributed by atoms with E-state index in [-0.39, 0.29) is 12.5 Å². The van der Waals surface area contributed by atoms with Crippen molar-refractivity contribution in [2.24, 2.45) is 0 Å². The number of amides is 1. The molecule has 0 aliphatic carbocycles. The lowest BCUT2D eigenvalue weighted by Gasteiger charge is -2.33. The Kier molecular flexibility index (Phi) is 4.40. The summed E-state index contributed by atoms with van der Waals surface area (Å²) in [5.41, 5.74) is 0.733. The number of hydrogen-bond acceptors (Lipinski definition) is 3. The lowest BCUT2D eigenvalue weighted by molar-refractivity contribution is 0.0640. The van der Waals surface area contributed by atoms with Gasteiger partial charge in [-0.1, -0.05) is 11.8 Å². The average Bonchev–Trinajstić information content (AvgIpc) is 2.84. The lowest BCUT2D eigenvalue weighted by Crippen LogP contribution is -2.41. The monoisotopic (exact) mass is 263 g/mol. The van der Waals surface area contributed by atoms with Gasteiger partial charge >= 0.3 is 0 Å². The minimum atomic E-state index is -0.177. The zero-order valence-corrected chi connectivity index (χ0v) is 11.3. The van der Waals surface area contributed by atoms with Crippen LogP contribution in [0.5, 0.6) is 0 Å². The van der Waals surface area contributed by atoms with Crippen LogP contribution in [-0.2, 0) is 0 Å². The minimum absolute atomic E-state index is 0.0828. The predicted octanol–water partition coefficient (Wildman–Crippen LogP) is 2.11. The zero-order chi connectivity index (χ0) is 13.0. The number of carbonyl (C=O) groups excluding carboxylic acids is 1. The Balaban J connectivity index is 2.20. The minimum Gasteiger partial charge on any atom is -0.384 e. The molecule has 0 spiro atoms. The van der Waals surface area contributed by atoms with Gasteiger partial charge in [-0.2, -0.15) is 0 Å². The molecule has 1 aliphatic heterocycles. The average molecular weight is 263 g/mol. The molecule has 96 valence electrons. The maximum absolute atomic E-state index is 12.5. The Labute approximate surface area is 111 Å². The first-order chi connectivity index (χ1) is 8.74. The van der Waals surface area contributed by atoms with Gasteiger partial charge in [-0.3, -0.25) is 4.79 Å². The van der Waals surface area contributed by atoms with Crippen LogP contribution >= 0.6 is 11.3 Å². The molecule has 1 aromatic heterocycles. The van der Waals surface area contributed by atoms with Gasteiger partial charge in [-0.15, -0.1) is 11.3 Å². The standard InChI is InChI=1S/C14H17NO2S/c1-11-5-2-3-8-15(11)14(17)13-12(6-4-9-16)7-10-18-13/h7,10-11,16H,2-3,5,8-9H2,1H3. The van der Waals surface area contributed by atoms with Crippen molar-refractivity contribution >= 4 is 17.2 Å². The van der Waals surface area contributed by atoms with Crippen LogP contribution in [-0.4, -0.2) is 35.1 Å². The SMILES string of the molecule is CC1CCCCN1C(=O)c1sccc1C#CCO. The van der Waals surface area contributed by atoms with Crippen molar-refractivity contribution in [2.45, 2.75) is 32.2 Å². The fraction of sp³-hybridized carbons (Fsp3) is 0.500. The number of thiophene rings is 1. The van der Waals surface area contributed by atoms with Crippen LogP contribution in [0.2, 0.25) is 0 Å². The van der Waals surface area contributed by atoms with E-state index in [0.717, 1.165) is 24.9 Å². The van der Waals surface area contributed by atoms with Crippen molar-refractivity contribution < 1.29 is 9.90 Å². The summed E-state index contributed by atoms with van der Waals surface area (Å²) in [7, 11) is 0. The van der Waals surface area contributed by atoms with Gasteiger partial charge in [0.2, 0.25) is 0 Å². The molecule has 1 amide bonds. The molecule has 2 rings (SSSR count). The summed E-state index contributed by atoms with van der Waals surface area (Å²) in [6.45, 7) is 2.76. The number of hydrogen-bond donors (Lipinski definition) is 1. The summed E-state index contributed by atoms with van der Waals surface area (Å²) >= 11 is 1.43. The fourth-order valence-electron chi connectivity index (χ4n) is 2.24. The van der Waals surface area contributed by atoms with Crippen molar-refractivity contribution in [3.05, 3.63) is 21.9 Å². The van der Waals surface area contributed by atoms with E-state index in [9.17, 15) is 4.79 Å². The number of piperidine rings is 1. The Morgan fingerprint density at radius 1 is 1.61 bits per heavy atom. The van der Waals surface area contributed by atoms with Gasteiger partial charge < -0.3 is 10.0 Å². The van der Waals surface area contributed by atoms with E-state index in [0.29, 0.717) is 10.9 Å². The largest absolute Gasteiger partial charge is 0.384 e. The van der Waals surface area contributed by atoms with Crippen molar-refractivity contribution in [2.75, 3.05) is 13.2 Å². The summed E-state index contributed by atoms with van der Waals surface area (Å²) in [5, 5.41) is 10.6. The summed E-state index contributed by atoms with van der Waals surface area (Å²) in [6.07, 6.45) is 3.36. The lowest BCUT2D eigenvalue weighted by atomic mass is 10.0. The summed E-state index contributed by atoms with van der Waals surface area (Å²) in [6, 6.07) is 2.15. The molecule has 0 bridgehead atoms. The van der Waals surface area contributed by atoms with E-state index in [1.165, 1.54) is 17.8 Å². The van der Waals surface area contributed by atoms with Crippen molar-refractivity contribution in [1.82, 2.24) is 4.90 Å². The van der Waals surface area contributed by atoms with Crippen LogP contribution in [0.3, 0.4) is 0 Å². The number of aliphatic hydroxyl groups excluding tert-OH is 1. The highest BCUT2D eigenvalue weighted by Crippen LogP contribution is 2.23. The van der Waals surface area contributed by atoms with Crippen LogP contribution in [0.4, 0.5) is 0 Å². The van der Waals surface area contributed by atoms with Crippen LogP contribution in [0.25, 0.3) is 0 Å². The van der Waals surface area contributed by atoms with E-state index in [4.69, 9.17) is 5.11 Å². The van der Waals surface area contributed by atoms with Crippen molar-refractivity contribution in [1.29, 1.82) is 0 Å². The third-order valence-corrected chi connectivity index (χ3v) is 4.13. The number of likely N-dealkylation sites (tertiary alicyclic amines) is 1. The molecule has 1 aromatic rings. The predicted molar refractivity (Wildman–Crippen MR) is 72.6 cm³/mol.